The first-order valence-electron chi connectivity index (χ1n) is 8.28. The van der Waals surface area contributed by atoms with Gasteiger partial charge in [-0.2, -0.15) is 0 Å². The van der Waals surface area contributed by atoms with Crippen LogP contribution in [0.5, 0.6) is 0 Å². The Morgan fingerprint density at radius 3 is 2.74 bits per heavy atom. The first-order chi connectivity index (χ1) is 11.1. The van der Waals surface area contributed by atoms with Crippen molar-refractivity contribution in [2.24, 2.45) is 0 Å². The highest BCUT2D eigenvalue weighted by Gasteiger charge is 2.08. The number of hydrogen-bond donors (Lipinski definition) is 3. The molecule has 2 rings (SSSR count). The number of pyridine rings is 1. The van der Waals surface area contributed by atoms with E-state index in [-0.39, 0.29) is 17.9 Å². The van der Waals surface area contributed by atoms with E-state index in [2.05, 4.69) is 17.2 Å². The molecule has 0 saturated carbocycles. The summed E-state index contributed by atoms with van der Waals surface area (Å²) in [5.41, 5.74) is 7.50. The van der Waals surface area contributed by atoms with Crippen LogP contribution >= 0.6 is 0 Å². The van der Waals surface area contributed by atoms with E-state index in [4.69, 9.17) is 5.73 Å². The standard InChI is InChI=1S/C18H25N3O2/c1-2-3-4-5-6-9-20-17(22)10-13-11-18(23)21-16-12-14(19)7-8-15(13)16/h7-8,11-12H,2-6,9-10,19H2,1H3,(H,20,22)(H,21,23). The number of nitrogen functional groups attached to an aromatic ring is 1. The number of rotatable bonds is 8. The minimum Gasteiger partial charge on any atom is -0.399 e. The summed E-state index contributed by atoms with van der Waals surface area (Å²) in [5, 5.41) is 3.79. The topological polar surface area (TPSA) is 88.0 Å². The van der Waals surface area contributed by atoms with Gasteiger partial charge in [0.2, 0.25) is 11.5 Å². The lowest BCUT2D eigenvalue weighted by Gasteiger charge is -2.08. The minimum atomic E-state index is -0.217. The van der Waals surface area contributed by atoms with Crippen LogP contribution in [-0.2, 0) is 11.2 Å². The Bertz CT molecular complexity index is 722. The van der Waals surface area contributed by atoms with Crippen LogP contribution in [0.2, 0.25) is 0 Å². The zero-order valence-corrected chi connectivity index (χ0v) is 13.7. The maximum absolute atomic E-state index is 12.1. The van der Waals surface area contributed by atoms with Crippen molar-refractivity contribution in [1.29, 1.82) is 0 Å². The van der Waals surface area contributed by atoms with Gasteiger partial charge in [0.1, 0.15) is 0 Å². The number of benzene rings is 1. The average molecular weight is 315 g/mol. The molecule has 124 valence electrons. The van der Waals surface area contributed by atoms with E-state index in [9.17, 15) is 9.59 Å². The summed E-state index contributed by atoms with van der Waals surface area (Å²) in [5.74, 6) is -0.0517. The van der Waals surface area contributed by atoms with Crippen LogP contribution in [0.15, 0.2) is 29.1 Å². The van der Waals surface area contributed by atoms with Crippen molar-refractivity contribution in [1.82, 2.24) is 10.3 Å². The average Bonchev–Trinajstić information content (AvgIpc) is 2.50. The third kappa shape index (κ3) is 5.13. The van der Waals surface area contributed by atoms with Crippen LogP contribution in [0, 0.1) is 0 Å². The SMILES string of the molecule is CCCCCCCNC(=O)Cc1cc(=O)[nH]c2cc(N)ccc12. The molecule has 1 amide bonds. The Morgan fingerprint density at radius 2 is 1.96 bits per heavy atom. The van der Waals surface area contributed by atoms with Crippen LogP contribution < -0.4 is 16.6 Å². The number of carbonyl (C=O) groups is 1. The summed E-state index contributed by atoms with van der Waals surface area (Å²) in [6.45, 7) is 2.87. The molecule has 0 saturated heterocycles. The number of anilines is 1. The first kappa shape index (κ1) is 17.1. The molecule has 0 atom stereocenters. The zero-order valence-electron chi connectivity index (χ0n) is 13.7. The third-order valence-corrected chi connectivity index (χ3v) is 3.91. The number of aromatic nitrogens is 1. The highest BCUT2D eigenvalue weighted by Crippen LogP contribution is 2.18. The Kier molecular flexibility index (Phi) is 6.20. The maximum atomic E-state index is 12.1. The van der Waals surface area contributed by atoms with Gasteiger partial charge in [-0.3, -0.25) is 9.59 Å². The predicted molar refractivity (Wildman–Crippen MR) is 94.5 cm³/mol. The Hall–Kier alpha value is -2.30. The molecule has 0 bridgehead atoms. The van der Waals surface area contributed by atoms with Gasteiger partial charge in [0.05, 0.1) is 11.9 Å². The fraction of sp³-hybridized carbons (Fsp3) is 0.444. The van der Waals surface area contributed by atoms with Gasteiger partial charge in [0, 0.05) is 23.7 Å². The van der Waals surface area contributed by atoms with Crippen molar-refractivity contribution in [2.45, 2.75) is 45.4 Å². The molecule has 23 heavy (non-hydrogen) atoms. The summed E-state index contributed by atoms with van der Waals surface area (Å²) in [7, 11) is 0. The van der Waals surface area contributed by atoms with Crippen molar-refractivity contribution in [2.75, 3.05) is 12.3 Å². The largest absolute Gasteiger partial charge is 0.399 e. The van der Waals surface area contributed by atoms with Crippen LogP contribution in [0.1, 0.15) is 44.6 Å². The lowest BCUT2D eigenvalue weighted by atomic mass is 10.1. The number of carbonyl (C=O) groups excluding carboxylic acids is 1. The second-order valence-electron chi connectivity index (χ2n) is 5.90. The number of hydrogen-bond acceptors (Lipinski definition) is 3. The van der Waals surface area contributed by atoms with Crippen molar-refractivity contribution >= 4 is 22.5 Å². The second kappa shape index (κ2) is 8.36. The van der Waals surface area contributed by atoms with Gasteiger partial charge in [-0.05, 0) is 24.1 Å². The smallest absolute Gasteiger partial charge is 0.248 e. The summed E-state index contributed by atoms with van der Waals surface area (Å²) < 4.78 is 0. The van der Waals surface area contributed by atoms with Crippen LogP contribution in [-0.4, -0.2) is 17.4 Å². The molecule has 0 aliphatic rings. The molecule has 2 aromatic rings. The molecule has 0 aliphatic carbocycles. The number of fused-ring (bicyclic) bond motifs is 1. The summed E-state index contributed by atoms with van der Waals surface area (Å²) in [4.78, 5) is 26.6. The van der Waals surface area contributed by atoms with Gasteiger partial charge in [-0.15, -0.1) is 0 Å². The van der Waals surface area contributed by atoms with Gasteiger partial charge in [-0.25, -0.2) is 0 Å². The molecule has 1 heterocycles. The lowest BCUT2D eigenvalue weighted by molar-refractivity contribution is -0.120. The molecule has 4 N–H and O–H groups in total. The van der Waals surface area contributed by atoms with E-state index in [1.54, 1.807) is 12.1 Å². The van der Waals surface area contributed by atoms with Gasteiger partial charge in [0.15, 0.2) is 0 Å². The lowest BCUT2D eigenvalue weighted by Crippen LogP contribution is -2.26. The maximum Gasteiger partial charge on any atom is 0.248 e. The molecule has 5 heteroatoms. The van der Waals surface area contributed by atoms with E-state index < -0.39 is 0 Å². The highest BCUT2D eigenvalue weighted by molar-refractivity contribution is 5.89. The molecule has 0 unspecified atom stereocenters. The zero-order chi connectivity index (χ0) is 16.7. The van der Waals surface area contributed by atoms with E-state index in [0.29, 0.717) is 17.7 Å². The van der Waals surface area contributed by atoms with Crippen molar-refractivity contribution < 1.29 is 4.79 Å². The molecule has 0 spiro atoms. The van der Waals surface area contributed by atoms with Crippen LogP contribution in [0.3, 0.4) is 0 Å². The molecule has 1 aromatic carbocycles. The molecule has 5 nitrogen and oxygen atoms in total. The van der Waals surface area contributed by atoms with E-state index in [1.165, 1.54) is 25.3 Å². The van der Waals surface area contributed by atoms with Crippen molar-refractivity contribution in [3.63, 3.8) is 0 Å². The Morgan fingerprint density at radius 1 is 1.17 bits per heavy atom. The summed E-state index contributed by atoms with van der Waals surface area (Å²) in [6.07, 6.45) is 6.02. The molecule has 0 fully saturated rings. The Balaban J connectivity index is 1.96. The minimum absolute atomic E-state index is 0.0517. The van der Waals surface area contributed by atoms with Crippen molar-refractivity contribution in [3.05, 3.63) is 40.2 Å². The molecule has 0 radical (unpaired) electrons. The van der Waals surface area contributed by atoms with Crippen LogP contribution in [0.25, 0.3) is 10.9 Å². The monoisotopic (exact) mass is 315 g/mol. The number of nitrogens with one attached hydrogen (secondary N) is 2. The van der Waals surface area contributed by atoms with E-state index in [1.807, 2.05) is 6.07 Å². The third-order valence-electron chi connectivity index (χ3n) is 3.91. The van der Waals surface area contributed by atoms with Gasteiger partial charge in [-0.1, -0.05) is 38.7 Å². The van der Waals surface area contributed by atoms with Gasteiger partial charge >= 0.3 is 0 Å². The number of H-pyrrole nitrogens is 1. The first-order valence-corrected chi connectivity index (χ1v) is 8.28. The van der Waals surface area contributed by atoms with Gasteiger partial charge < -0.3 is 16.0 Å². The number of aromatic amines is 1. The van der Waals surface area contributed by atoms with Crippen molar-refractivity contribution in [3.8, 4) is 0 Å². The second-order valence-corrected chi connectivity index (χ2v) is 5.90. The Labute approximate surface area is 136 Å². The fourth-order valence-electron chi connectivity index (χ4n) is 2.69. The quantitative estimate of drug-likeness (QED) is 0.517. The summed E-state index contributed by atoms with van der Waals surface area (Å²) >= 11 is 0. The number of nitrogens with two attached hydrogens (primary N) is 1. The molecule has 1 aromatic heterocycles. The van der Waals surface area contributed by atoms with E-state index in [0.717, 1.165) is 23.8 Å². The normalized spacial score (nSPS) is 10.8. The number of unbranched alkanes of at least 4 members (excludes halogenated alkanes) is 4. The summed E-state index contributed by atoms with van der Waals surface area (Å²) in [6, 6.07) is 6.81. The van der Waals surface area contributed by atoms with E-state index >= 15 is 0 Å². The molecular formula is C18H25N3O2. The van der Waals surface area contributed by atoms with Crippen LogP contribution in [0.4, 0.5) is 5.69 Å². The molecule has 0 aliphatic heterocycles. The predicted octanol–water partition coefficient (Wildman–Crippen LogP) is 2.74. The van der Waals surface area contributed by atoms with Gasteiger partial charge in [0.25, 0.3) is 0 Å². The fourth-order valence-corrected chi connectivity index (χ4v) is 2.69. The number of amides is 1. The molecular weight excluding hydrogens is 290 g/mol. The highest BCUT2D eigenvalue weighted by atomic mass is 16.1.